The summed E-state index contributed by atoms with van der Waals surface area (Å²) in [5.41, 5.74) is 3.28. The maximum absolute atomic E-state index is 12.9. The molecular weight excluding hydrogens is 460 g/mol. The van der Waals surface area contributed by atoms with Crippen LogP contribution in [0.15, 0.2) is 65.1 Å². The molecule has 3 rings (SSSR count). The molecule has 160 valence electrons. The Morgan fingerprint density at radius 3 is 2.13 bits per heavy atom. The fourth-order valence-electron chi connectivity index (χ4n) is 2.97. The monoisotopic (exact) mass is 482 g/mol. The summed E-state index contributed by atoms with van der Waals surface area (Å²) < 4.78 is 11.2. The molecule has 3 aromatic rings. The Balaban J connectivity index is 1.78. The number of rotatable bonds is 7. The van der Waals surface area contributed by atoms with Crippen LogP contribution in [0.3, 0.4) is 0 Å². The Kier molecular flexibility index (Phi) is 7.31. The normalized spacial score (nSPS) is 10.3. The SMILES string of the molecule is COc1cc(C(=O)Nc2ccccc2C(=O)NCc2ccc(C)cc2)cc(OC)c1Br. The summed E-state index contributed by atoms with van der Waals surface area (Å²) >= 11 is 3.39. The van der Waals surface area contributed by atoms with Crippen molar-refractivity contribution in [1.29, 1.82) is 0 Å². The van der Waals surface area contributed by atoms with Gasteiger partial charge in [-0.25, -0.2) is 0 Å². The lowest BCUT2D eigenvalue weighted by Gasteiger charge is -2.14. The molecule has 0 spiro atoms. The zero-order valence-corrected chi connectivity index (χ0v) is 19.1. The minimum atomic E-state index is -0.386. The van der Waals surface area contributed by atoms with Gasteiger partial charge in [-0.1, -0.05) is 42.0 Å². The van der Waals surface area contributed by atoms with Crippen LogP contribution in [0.2, 0.25) is 0 Å². The van der Waals surface area contributed by atoms with Gasteiger partial charge >= 0.3 is 0 Å². The van der Waals surface area contributed by atoms with E-state index < -0.39 is 0 Å². The van der Waals surface area contributed by atoms with Crippen LogP contribution in [0.4, 0.5) is 5.69 Å². The first kappa shape index (κ1) is 22.4. The fraction of sp³-hybridized carbons (Fsp3) is 0.167. The average Bonchev–Trinajstić information content (AvgIpc) is 2.79. The van der Waals surface area contributed by atoms with E-state index in [9.17, 15) is 9.59 Å². The van der Waals surface area contributed by atoms with Crippen LogP contribution in [0.5, 0.6) is 11.5 Å². The molecule has 0 heterocycles. The quantitative estimate of drug-likeness (QED) is 0.498. The van der Waals surface area contributed by atoms with E-state index in [2.05, 4.69) is 26.6 Å². The van der Waals surface area contributed by atoms with Crippen molar-refractivity contribution in [2.45, 2.75) is 13.5 Å². The maximum Gasteiger partial charge on any atom is 0.255 e. The smallest absolute Gasteiger partial charge is 0.255 e. The predicted molar refractivity (Wildman–Crippen MR) is 124 cm³/mol. The van der Waals surface area contributed by atoms with Crippen molar-refractivity contribution in [3.8, 4) is 11.5 Å². The van der Waals surface area contributed by atoms with Gasteiger partial charge in [-0.3, -0.25) is 9.59 Å². The van der Waals surface area contributed by atoms with Crippen LogP contribution in [-0.2, 0) is 6.54 Å². The molecule has 0 saturated carbocycles. The second-order valence-corrected chi connectivity index (χ2v) is 7.66. The minimum absolute atomic E-state index is 0.276. The summed E-state index contributed by atoms with van der Waals surface area (Å²) in [4.78, 5) is 25.6. The van der Waals surface area contributed by atoms with Crippen molar-refractivity contribution in [2.75, 3.05) is 19.5 Å². The van der Waals surface area contributed by atoms with Crippen molar-refractivity contribution in [3.63, 3.8) is 0 Å². The molecule has 0 aliphatic rings. The highest BCUT2D eigenvalue weighted by Crippen LogP contribution is 2.35. The molecule has 0 aliphatic heterocycles. The Bertz CT molecular complexity index is 1070. The number of amides is 2. The molecule has 0 bridgehead atoms. The largest absolute Gasteiger partial charge is 0.495 e. The molecule has 0 aliphatic carbocycles. The Hall–Kier alpha value is -3.32. The third kappa shape index (κ3) is 5.44. The van der Waals surface area contributed by atoms with Crippen LogP contribution in [0.1, 0.15) is 31.8 Å². The highest BCUT2D eigenvalue weighted by molar-refractivity contribution is 9.10. The van der Waals surface area contributed by atoms with Crippen LogP contribution in [-0.4, -0.2) is 26.0 Å². The summed E-state index contributed by atoms with van der Waals surface area (Å²) in [6, 6.07) is 18.0. The number of methoxy groups -OCH3 is 2. The summed E-state index contributed by atoms with van der Waals surface area (Å²) in [5, 5.41) is 5.70. The number of carbonyl (C=O) groups excluding carboxylic acids is 2. The third-order valence-electron chi connectivity index (χ3n) is 4.70. The van der Waals surface area contributed by atoms with E-state index in [-0.39, 0.29) is 11.8 Å². The number of halogens is 1. The van der Waals surface area contributed by atoms with Gasteiger partial charge in [0, 0.05) is 12.1 Å². The molecule has 0 atom stereocenters. The van der Waals surface area contributed by atoms with E-state index in [1.54, 1.807) is 36.4 Å². The summed E-state index contributed by atoms with van der Waals surface area (Å²) in [5.74, 6) is 0.271. The van der Waals surface area contributed by atoms with Gasteiger partial charge in [0.15, 0.2) is 0 Å². The van der Waals surface area contributed by atoms with E-state index in [1.165, 1.54) is 14.2 Å². The van der Waals surface area contributed by atoms with Crippen LogP contribution in [0, 0.1) is 6.92 Å². The predicted octanol–water partition coefficient (Wildman–Crippen LogP) is 4.96. The van der Waals surface area contributed by atoms with Gasteiger partial charge in [-0.05, 0) is 52.7 Å². The zero-order chi connectivity index (χ0) is 22.4. The number of hydrogen-bond donors (Lipinski definition) is 2. The van der Waals surface area contributed by atoms with E-state index in [0.717, 1.165) is 11.1 Å². The van der Waals surface area contributed by atoms with Crippen molar-refractivity contribution in [2.24, 2.45) is 0 Å². The molecule has 0 fully saturated rings. The number of ether oxygens (including phenoxy) is 2. The lowest BCUT2D eigenvalue weighted by atomic mass is 10.1. The first-order valence-electron chi connectivity index (χ1n) is 9.58. The highest BCUT2D eigenvalue weighted by atomic mass is 79.9. The van der Waals surface area contributed by atoms with E-state index in [4.69, 9.17) is 9.47 Å². The molecule has 0 aromatic heterocycles. The third-order valence-corrected chi connectivity index (χ3v) is 5.48. The topological polar surface area (TPSA) is 76.7 Å². The van der Waals surface area contributed by atoms with Crippen LogP contribution in [0.25, 0.3) is 0 Å². The average molecular weight is 483 g/mol. The number of carbonyl (C=O) groups is 2. The Morgan fingerprint density at radius 2 is 1.52 bits per heavy atom. The molecule has 0 saturated heterocycles. The zero-order valence-electron chi connectivity index (χ0n) is 17.5. The second kappa shape index (κ2) is 10.1. The number of para-hydroxylation sites is 1. The molecule has 0 radical (unpaired) electrons. The molecule has 0 unspecified atom stereocenters. The van der Waals surface area contributed by atoms with Crippen molar-refractivity contribution < 1.29 is 19.1 Å². The van der Waals surface area contributed by atoms with Crippen molar-refractivity contribution in [3.05, 3.63) is 87.4 Å². The molecular formula is C24H23BrN2O4. The minimum Gasteiger partial charge on any atom is -0.495 e. The van der Waals surface area contributed by atoms with Gasteiger partial charge in [0.2, 0.25) is 0 Å². The molecule has 7 heteroatoms. The van der Waals surface area contributed by atoms with Gasteiger partial charge in [-0.15, -0.1) is 0 Å². The van der Waals surface area contributed by atoms with Crippen molar-refractivity contribution >= 4 is 33.4 Å². The molecule has 2 amide bonds. The van der Waals surface area contributed by atoms with E-state index in [0.29, 0.717) is 39.3 Å². The Labute approximate surface area is 189 Å². The lowest BCUT2D eigenvalue weighted by Crippen LogP contribution is -2.25. The molecule has 6 nitrogen and oxygen atoms in total. The first-order chi connectivity index (χ1) is 14.9. The lowest BCUT2D eigenvalue weighted by molar-refractivity contribution is 0.0952. The molecule has 3 aromatic carbocycles. The van der Waals surface area contributed by atoms with Gasteiger partial charge in [0.25, 0.3) is 11.8 Å². The molecule has 31 heavy (non-hydrogen) atoms. The van der Waals surface area contributed by atoms with Gasteiger partial charge in [0.1, 0.15) is 16.0 Å². The van der Waals surface area contributed by atoms with Crippen molar-refractivity contribution in [1.82, 2.24) is 5.32 Å². The van der Waals surface area contributed by atoms with Crippen LogP contribution >= 0.6 is 15.9 Å². The number of nitrogens with one attached hydrogen (secondary N) is 2. The van der Waals surface area contributed by atoms with E-state index in [1.807, 2.05) is 31.2 Å². The van der Waals surface area contributed by atoms with Gasteiger partial charge < -0.3 is 20.1 Å². The number of anilines is 1. The molecule has 2 N–H and O–H groups in total. The second-order valence-electron chi connectivity index (χ2n) is 6.86. The number of hydrogen-bond acceptors (Lipinski definition) is 4. The summed E-state index contributed by atoms with van der Waals surface area (Å²) in [6.45, 7) is 2.40. The van der Waals surface area contributed by atoms with E-state index >= 15 is 0 Å². The Morgan fingerprint density at radius 1 is 0.903 bits per heavy atom. The summed E-state index contributed by atoms with van der Waals surface area (Å²) in [7, 11) is 3.02. The van der Waals surface area contributed by atoms with Crippen LogP contribution < -0.4 is 20.1 Å². The standard InChI is InChI=1S/C24H23BrN2O4/c1-15-8-10-16(11-9-15)14-26-24(29)18-6-4-5-7-19(18)27-23(28)17-12-20(30-2)22(25)21(13-17)31-3/h4-13H,14H2,1-3H3,(H,26,29)(H,27,28). The first-order valence-corrected chi connectivity index (χ1v) is 10.4. The number of aryl methyl sites for hydroxylation is 1. The van der Waals surface area contributed by atoms with Gasteiger partial charge in [0.05, 0.1) is 25.5 Å². The van der Waals surface area contributed by atoms with Gasteiger partial charge in [-0.2, -0.15) is 0 Å². The summed E-state index contributed by atoms with van der Waals surface area (Å²) in [6.07, 6.45) is 0. The number of benzene rings is 3. The highest BCUT2D eigenvalue weighted by Gasteiger charge is 2.17. The fourth-order valence-corrected chi connectivity index (χ4v) is 3.52. The maximum atomic E-state index is 12.9.